The topological polar surface area (TPSA) is 26.0 Å². The maximum atomic E-state index is 13.1. The molecule has 0 heterocycles. The van der Waals surface area contributed by atoms with Crippen LogP contribution in [0.3, 0.4) is 0 Å². The standard InChI is InChI=1S/C16H17ClFN/c17-15-10-12(7-9-16(15)18)6-8-14(11-19)13-4-2-1-3-5-13/h1-5,7,9-10,14H,6,8,11,19H2. The van der Waals surface area contributed by atoms with E-state index >= 15 is 0 Å². The van der Waals surface area contributed by atoms with Crippen LogP contribution in [0.2, 0.25) is 5.02 Å². The van der Waals surface area contributed by atoms with Gasteiger partial charge in [0.05, 0.1) is 5.02 Å². The third kappa shape index (κ3) is 3.79. The van der Waals surface area contributed by atoms with Crippen molar-refractivity contribution in [2.75, 3.05) is 6.54 Å². The summed E-state index contributed by atoms with van der Waals surface area (Å²) < 4.78 is 13.1. The summed E-state index contributed by atoms with van der Waals surface area (Å²) >= 11 is 5.78. The summed E-state index contributed by atoms with van der Waals surface area (Å²) in [6.45, 7) is 0.610. The molecule has 0 bridgehead atoms. The molecule has 2 N–H and O–H groups in total. The molecule has 0 saturated carbocycles. The van der Waals surface area contributed by atoms with Gasteiger partial charge in [0.15, 0.2) is 0 Å². The number of rotatable bonds is 5. The molecule has 0 aliphatic heterocycles. The van der Waals surface area contributed by atoms with Crippen LogP contribution in [0.1, 0.15) is 23.5 Å². The predicted molar refractivity (Wildman–Crippen MR) is 78.0 cm³/mol. The highest BCUT2D eigenvalue weighted by atomic mass is 35.5. The first-order valence-electron chi connectivity index (χ1n) is 6.39. The number of hydrogen-bond donors (Lipinski definition) is 1. The molecule has 0 spiro atoms. The van der Waals surface area contributed by atoms with Gasteiger partial charge in [0.2, 0.25) is 0 Å². The second-order valence-electron chi connectivity index (χ2n) is 4.63. The van der Waals surface area contributed by atoms with Crippen LogP contribution < -0.4 is 5.73 Å². The lowest BCUT2D eigenvalue weighted by Crippen LogP contribution is -2.13. The second-order valence-corrected chi connectivity index (χ2v) is 5.04. The molecule has 0 aliphatic carbocycles. The Hall–Kier alpha value is -1.38. The van der Waals surface area contributed by atoms with Gasteiger partial charge in [0.25, 0.3) is 0 Å². The zero-order chi connectivity index (χ0) is 13.7. The molecule has 100 valence electrons. The van der Waals surface area contributed by atoms with Gasteiger partial charge in [-0.1, -0.05) is 48.0 Å². The van der Waals surface area contributed by atoms with Crippen molar-refractivity contribution in [1.29, 1.82) is 0 Å². The Balaban J connectivity index is 2.02. The Morgan fingerprint density at radius 1 is 1.11 bits per heavy atom. The molecule has 19 heavy (non-hydrogen) atoms. The van der Waals surface area contributed by atoms with Crippen molar-refractivity contribution in [3.63, 3.8) is 0 Å². The monoisotopic (exact) mass is 277 g/mol. The van der Waals surface area contributed by atoms with Gasteiger partial charge in [-0.15, -0.1) is 0 Å². The highest BCUT2D eigenvalue weighted by Crippen LogP contribution is 2.22. The lowest BCUT2D eigenvalue weighted by Gasteiger charge is -2.15. The Kier molecular flexibility index (Phi) is 4.94. The highest BCUT2D eigenvalue weighted by molar-refractivity contribution is 6.30. The van der Waals surface area contributed by atoms with Crippen LogP contribution in [0.15, 0.2) is 48.5 Å². The van der Waals surface area contributed by atoms with Crippen LogP contribution in [0.4, 0.5) is 4.39 Å². The Morgan fingerprint density at radius 3 is 2.47 bits per heavy atom. The molecule has 0 fully saturated rings. The second kappa shape index (κ2) is 6.69. The van der Waals surface area contributed by atoms with Gasteiger partial charge in [-0.25, -0.2) is 4.39 Å². The summed E-state index contributed by atoms with van der Waals surface area (Å²) in [5.74, 6) is -0.0473. The van der Waals surface area contributed by atoms with Crippen molar-refractivity contribution in [3.05, 3.63) is 70.5 Å². The molecular weight excluding hydrogens is 261 g/mol. The van der Waals surface area contributed by atoms with E-state index in [-0.39, 0.29) is 10.8 Å². The summed E-state index contributed by atoms with van der Waals surface area (Å²) in [6, 6.07) is 15.1. The number of aryl methyl sites for hydroxylation is 1. The van der Waals surface area contributed by atoms with E-state index in [1.54, 1.807) is 12.1 Å². The fourth-order valence-electron chi connectivity index (χ4n) is 2.18. The molecule has 0 aromatic heterocycles. The summed E-state index contributed by atoms with van der Waals surface area (Å²) in [7, 11) is 0. The van der Waals surface area contributed by atoms with Crippen molar-refractivity contribution in [2.24, 2.45) is 5.73 Å². The van der Waals surface area contributed by atoms with Gasteiger partial charge >= 0.3 is 0 Å². The van der Waals surface area contributed by atoms with E-state index in [4.69, 9.17) is 17.3 Å². The Morgan fingerprint density at radius 2 is 1.84 bits per heavy atom. The molecule has 1 unspecified atom stereocenters. The average molecular weight is 278 g/mol. The predicted octanol–water partition coefficient (Wildman–Crippen LogP) is 4.15. The van der Waals surface area contributed by atoms with Crippen molar-refractivity contribution in [1.82, 2.24) is 0 Å². The molecule has 2 aromatic carbocycles. The summed E-state index contributed by atoms with van der Waals surface area (Å²) in [4.78, 5) is 0. The van der Waals surface area contributed by atoms with Crippen LogP contribution in [-0.4, -0.2) is 6.54 Å². The van der Waals surface area contributed by atoms with Crippen molar-refractivity contribution < 1.29 is 4.39 Å². The number of halogens is 2. The first kappa shape index (κ1) is 14.0. The van der Waals surface area contributed by atoms with Gasteiger partial charge in [-0.3, -0.25) is 0 Å². The van der Waals surface area contributed by atoms with Crippen LogP contribution >= 0.6 is 11.6 Å². The average Bonchev–Trinajstić information content (AvgIpc) is 2.44. The van der Waals surface area contributed by atoms with E-state index in [1.807, 2.05) is 18.2 Å². The number of hydrogen-bond acceptors (Lipinski definition) is 1. The minimum atomic E-state index is -0.371. The molecule has 1 nitrogen and oxygen atoms in total. The summed E-state index contributed by atoms with van der Waals surface area (Å²) in [5.41, 5.74) is 8.13. The van der Waals surface area contributed by atoms with Gasteiger partial charge in [-0.05, 0) is 48.6 Å². The van der Waals surface area contributed by atoms with Crippen LogP contribution in [-0.2, 0) is 6.42 Å². The zero-order valence-electron chi connectivity index (χ0n) is 10.7. The van der Waals surface area contributed by atoms with E-state index in [2.05, 4.69) is 12.1 Å². The Labute approximate surface area is 118 Å². The lowest BCUT2D eigenvalue weighted by molar-refractivity contribution is 0.620. The molecule has 1 atom stereocenters. The smallest absolute Gasteiger partial charge is 0.141 e. The van der Waals surface area contributed by atoms with E-state index in [9.17, 15) is 4.39 Å². The van der Waals surface area contributed by atoms with Crippen molar-refractivity contribution in [3.8, 4) is 0 Å². The molecule has 3 heteroatoms. The van der Waals surface area contributed by atoms with E-state index < -0.39 is 0 Å². The third-order valence-electron chi connectivity index (χ3n) is 3.32. The van der Waals surface area contributed by atoms with Crippen molar-refractivity contribution in [2.45, 2.75) is 18.8 Å². The molecular formula is C16H17ClFN. The fourth-order valence-corrected chi connectivity index (χ4v) is 2.38. The minimum Gasteiger partial charge on any atom is -0.330 e. The van der Waals surface area contributed by atoms with E-state index in [0.717, 1.165) is 18.4 Å². The Bertz CT molecular complexity index is 528. The molecule has 0 aliphatic rings. The maximum Gasteiger partial charge on any atom is 0.141 e. The molecule has 2 rings (SSSR count). The molecule has 0 amide bonds. The largest absolute Gasteiger partial charge is 0.330 e. The summed E-state index contributed by atoms with van der Waals surface area (Å²) in [6.07, 6.45) is 1.78. The van der Waals surface area contributed by atoms with Crippen LogP contribution in [0, 0.1) is 5.82 Å². The number of nitrogens with two attached hydrogens (primary N) is 1. The highest BCUT2D eigenvalue weighted by Gasteiger charge is 2.10. The van der Waals surface area contributed by atoms with Gasteiger partial charge < -0.3 is 5.73 Å². The van der Waals surface area contributed by atoms with Gasteiger partial charge in [-0.2, -0.15) is 0 Å². The minimum absolute atomic E-state index is 0.182. The third-order valence-corrected chi connectivity index (χ3v) is 3.61. The maximum absolute atomic E-state index is 13.1. The summed E-state index contributed by atoms with van der Waals surface area (Å²) in [5, 5.41) is 0.182. The van der Waals surface area contributed by atoms with E-state index in [1.165, 1.54) is 11.6 Å². The first-order chi connectivity index (χ1) is 9.20. The zero-order valence-corrected chi connectivity index (χ0v) is 11.4. The van der Waals surface area contributed by atoms with Gasteiger partial charge in [0, 0.05) is 0 Å². The number of benzene rings is 2. The quantitative estimate of drug-likeness (QED) is 0.873. The molecule has 0 saturated heterocycles. The lowest BCUT2D eigenvalue weighted by atomic mass is 9.92. The van der Waals surface area contributed by atoms with Crippen LogP contribution in [0.5, 0.6) is 0 Å². The fraction of sp³-hybridized carbons (Fsp3) is 0.250. The SMILES string of the molecule is NCC(CCc1ccc(F)c(Cl)c1)c1ccccc1. The van der Waals surface area contributed by atoms with Gasteiger partial charge in [0.1, 0.15) is 5.82 Å². The normalized spacial score (nSPS) is 12.4. The van der Waals surface area contributed by atoms with E-state index in [0.29, 0.717) is 12.5 Å². The molecule has 0 radical (unpaired) electrons. The van der Waals surface area contributed by atoms with Crippen molar-refractivity contribution >= 4 is 11.6 Å². The van der Waals surface area contributed by atoms with Crippen LogP contribution in [0.25, 0.3) is 0 Å². The molecule has 2 aromatic rings. The first-order valence-corrected chi connectivity index (χ1v) is 6.77.